The Kier molecular flexibility index (Phi) is 2.76. The van der Waals surface area contributed by atoms with E-state index in [1.165, 1.54) is 29.5 Å². The number of amides is 1. The van der Waals surface area contributed by atoms with Gasteiger partial charge in [0.15, 0.2) is 0 Å². The second kappa shape index (κ2) is 4.05. The molecule has 1 amide bonds. The molecule has 15 heavy (non-hydrogen) atoms. The molecule has 0 spiro atoms. The van der Waals surface area contributed by atoms with Gasteiger partial charge in [-0.05, 0) is 43.4 Å². The van der Waals surface area contributed by atoms with E-state index in [4.69, 9.17) is 0 Å². The Balaban J connectivity index is 2.15. The molecule has 0 atom stereocenters. The first-order valence-corrected chi connectivity index (χ1v) is 5.48. The van der Waals surface area contributed by atoms with Gasteiger partial charge in [-0.1, -0.05) is 18.2 Å². The van der Waals surface area contributed by atoms with Gasteiger partial charge in [-0.3, -0.25) is 4.79 Å². The number of hydrogen-bond donors (Lipinski definition) is 0. The van der Waals surface area contributed by atoms with E-state index in [1.807, 2.05) is 4.90 Å². The number of carbonyl (C=O) groups is 1. The Bertz CT molecular complexity index is 369. The quantitative estimate of drug-likeness (QED) is 0.688. The van der Waals surface area contributed by atoms with E-state index in [9.17, 15) is 4.79 Å². The van der Waals surface area contributed by atoms with Gasteiger partial charge in [0.1, 0.15) is 0 Å². The summed E-state index contributed by atoms with van der Waals surface area (Å²) in [6.07, 6.45) is 3.33. The van der Waals surface area contributed by atoms with Gasteiger partial charge >= 0.3 is 0 Å². The fourth-order valence-corrected chi connectivity index (χ4v) is 1.84. The lowest BCUT2D eigenvalue weighted by atomic mass is 10.0. The highest BCUT2D eigenvalue weighted by Crippen LogP contribution is 2.27. The second-order valence-corrected chi connectivity index (χ2v) is 4.37. The van der Waals surface area contributed by atoms with Crippen molar-refractivity contribution in [2.75, 3.05) is 0 Å². The van der Waals surface area contributed by atoms with Crippen molar-refractivity contribution in [3.8, 4) is 0 Å². The van der Waals surface area contributed by atoms with Crippen molar-refractivity contribution in [1.29, 1.82) is 0 Å². The zero-order valence-corrected chi connectivity index (χ0v) is 9.36. The number of carbonyl (C=O) groups excluding carboxylic acids is 1. The van der Waals surface area contributed by atoms with Crippen molar-refractivity contribution in [1.82, 2.24) is 4.90 Å². The summed E-state index contributed by atoms with van der Waals surface area (Å²) >= 11 is 0. The van der Waals surface area contributed by atoms with E-state index >= 15 is 0 Å². The molecule has 0 aromatic heterocycles. The molecule has 1 saturated carbocycles. The van der Waals surface area contributed by atoms with Gasteiger partial charge in [0, 0.05) is 12.6 Å². The van der Waals surface area contributed by atoms with Gasteiger partial charge in [-0.2, -0.15) is 0 Å². The van der Waals surface area contributed by atoms with Crippen LogP contribution in [0.4, 0.5) is 0 Å². The normalized spacial score (nSPS) is 15.1. The maximum absolute atomic E-state index is 10.9. The third-order valence-electron chi connectivity index (χ3n) is 3.22. The Morgan fingerprint density at radius 1 is 1.40 bits per heavy atom. The Morgan fingerprint density at radius 3 is 2.73 bits per heavy atom. The highest BCUT2D eigenvalue weighted by Gasteiger charge is 2.28. The summed E-state index contributed by atoms with van der Waals surface area (Å²) in [6.45, 7) is 5.00. The lowest BCUT2D eigenvalue weighted by molar-refractivity contribution is -0.119. The van der Waals surface area contributed by atoms with Crippen molar-refractivity contribution in [2.24, 2.45) is 0 Å². The van der Waals surface area contributed by atoms with Crippen LogP contribution in [0, 0.1) is 13.8 Å². The van der Waals surface area contributed by atoms with Crippen molar-refractivity contribution >= 4 is 6.41 Å². The zero-order chi connectivity index (χ0) is 10.8. The lowest BCUT2D eigenvalue weighted by Gasteiger charge is -2.18. The average molecular weight is 203 g/mol. The van der Waals surface area contributed by atoms with Crippen LogP contribution in [0.2, 0.25) is 0 Å². The number of rotatable bonds is 4. The van der Waals surface area contributed by atoms with Crippen LogP contribution >= 0.6 is 0 Å². The monoisotopic (exact) mass is 203 g/mol. The molecule has 80 valence electrons. The third-order valence-corrected chi connectivity index (χ3v) is 3.22. The number of aryl methyl sites for hydroxylation is 1. The maximum Gasteiger partial charge on any atom is 0.210 e. The molecule has 0 bridgehead atoms. The molecule has 1 aliphatic carbocycles. The molecule has 2 heteroatoms. The molecule has 1 aromatic carbocycles. The van der Waals surface area contributed by atoms with E-state index in [0.29, 0.717) is 6.04 Å². The van der Waals surface area contributed by atoms with Gasteiger partial charge in [-0.15, -0.1) is 0 Å². The van der Waals surface area contributed by atoms with Gasteiger partial charge in [0.25, 0.3) is 0 Å². The molecular formula is C13H17NO. The van der Waals surface area contributed by atoms with E-state index in [1.54, 1.807) is 0 Å². The molecule has 0 unspecified atom stereocenters. The van der Waals surface area contributed by atoms with E-state index in [-0.39, 0.29) is 0 Å². The van der Waals surface area contributed by atoms with Crippen LogP contribution in [-0.2, 0) is 11.3 Å². The summed E-state index contributed by atoms with van der Waals surface area (Å²) in [5.74, 6) is 0. The fraction of sp³-hybridized carbons (Fsp3) is 0.462. The minimum atomic E-state index is 0.502. The van der Waals surface area contributed by atoms with Crippen molar-refractivity contribution in [2.45, 2.75) is 39.3 Å². The average Bonchev–Trinajstić information content (AvgIpc) is 3.04. The zero-order valence-electron chi connectivity index (χ0n) is 9.36. The summed E-state index contributed by atoms with van der Waals surface area (Å²) in [7, 11) is 0. The lowest BCUT2D eigenvalue weighted by Crippen LogP contribution is -2.24. The topological polar surface area (TPSA) is 20.3 Å². The van der Waals surface area contributed by atoms with E-state index in [0.717, 1.165) is 13.0 Å². The van der Waals surface area contributed by atoms with Crippen LogP contribution < -0.4 is 0 Å². The second-order valence-electron chi connectivity index (χ2n) is 4.37. The maximum atomic E-state index is 10.9. The van der Waals surface area contributed by atoms with Crippen LogP contribution in [-0.4, -0.2) is 17.4 Å². The number of nitrogens with zero attached hydrogens (tertiary/aromatic N) is 1. The Hall–Kier alpha value is -1.31. The predicted molar refractivity (Wildman–Crippen MR) is 60.5 cm³/mol. The first-order chi connectivity index (χ1) is 7.22. The van der Waals surface area contributed by atoms with Crippen molar-refractivity contribution in [3.63, 3.8) is 0 Å². The highest BCUT2D eigenvalue weighted by molar-refractivity contribution is 5.49. The van der Waals surface area contributed by atoms with Crippen molar-refractivity contribution < 1.29 is 4.79 Å². The first-order valence-electron chi connectivity index (χ1n) is 5.48. The predicted octanol–water partition coefficient (Wildman–Crippen LogP) is 2.42. The Labute approximate surface area is 90.9 Å². The number of hydrogen-bond acceptors (Lipinski definition) is 1. The molecule has 0 N–H and O–H groups in total. The molecule has 1 aliphatic rings. The molecular weight excluding hydrogens is 186 g/mol. The molecule has 1 fully saturated rings. The van der Waals surface area contributed by atoms with E-state index in [2.05, 4.69) is 32.0 Å². The van der Waals surface area contributed by atoms with Gasteiger partial charge in [-0.25, -0.2) is 0 Å². The van der Waals surface area contributed by atoms with Crippen LogP contribution in [0.3, 0.4) is 0 Å². The standard InChI is InChI=1S/C13H17NO/c1-10-4-3-5-12(11(10)2)8-14(9-15)13-6-7-13/h3-5,9,13H,6-8H2,1-2H3. The summed E-state index contributed by atoms with van der Waals surface area (Å²) < 4.78 is 0. The largest absolute Gasteiger partial charge is 0.338 e. The minimum Gasteiger partial charge on any atom is -0.338 e. The van der Waals surface area contributed by atoms with Crippen LogP contribution in [0.25, 0.3) is 0 Å². The van der Waals surface area contributed by atoms with Gasteiger partial charge in [0.2, 0.25) is 6.41 Å². The van der Waals surface area contributed by atoms with Crippen molar-refractivity contribution in [3.05, 3.63) is 34.9 Å². The molecule has 1 aromatic rings. The molecule has 0 heterocycles. The first kappa shape index (κ1) is 10.2. The minimum absolute atomic E-state index is 0.502. The summed E-state index contributed by atoms with van der Waals surface area (Å²) in [5.41, 5.74) is 3.88. The molecule has 0 aliphatic heterocycles. The van der Waals surface area contributed by atoms with Crippen LogP contribution in [0.15, 0.2) is 18.2 Å². The van der Waals surface area contributed by atoms with Gasteiger partial charge in [0.05, 0.1) is 0 Å². The third kappa shape index (κ3) is 2.20. The summed E-state index contributed by atoms with van der Waals surface area (Å²) in [5, 5.41) is 0. The molecule has 0 saturated heterocycles. The molecule has 2 rings (SSSR count). The van der Waals surface area contributed by atoms with Gasteiger partial charge < -0.3 is 4.90 Å². The fourth-order valence-electron chi connectivity index (χ4n) is 1.84. The van der Waals surface area contributed by atoms with Crippen LogP contribution in [0.5, 0.6) is 0 Å². The molecule has 0 radical (unpaired) electrons. The summed E-state index contributed by atoms with van der Waals surface area (Å²) in [6, 6.07) is 6.79. The smallest absolute Gasteiger partial charge is 0.210 e. The SMILES string of the molecule is Cc1cccc(CN(C=O)C2CC2)c1C. The number of benzene rings is 1. The Morgan fingerprint density at radius 2 is 2.13 bits per heavy atom. The molecule has 2 nitrogen and oxygen atoms in total. The van der Waals surface area contributed by atoms with E-state index < -0.39 is 0 Å². The highest BCUT2D eigenvalue weighted by atomic mass is 16.1. The van der Waals surface area contributed by atoms with Crippen LogP contribution in [0.1, 0.15) is 29.5 Å². The summed E-state index contributed by atoms with van der Waals surface area (Å²) in [4.78, 5) is 12.8.